The van der Waals surface area contributed by atoms with Crippen molar-refractivity contribution < 1.29 is 0 Å². The van der Waals surface area contributed by atoms with Crippen molar-refractivity contribution in [1.82, 2.24) is 4.98 Å². The van der Waals surface area contributed by atoms with Gasteiger partial charge in [-0.05, 0) is 24.3 Å². The third-order valence-electron chi connectivity index (χ3n) is 3.11. The Labute approximate surface area is 117 Å². The molecular formula is C16H13ClN2. The van der Waals surface area contributed by atoms with Crippen LogP contribution in [0, 0.1) is 0 Å². The number of fused-ring (bicyclic) bond motifs is 1. The Bertz CT molecular complexity index is 723. The summed E-state index contributed by atoms with van der Waals surface area (Å²) in [7, 11) is 1.91. The molecule has 0 saturated heterocycles. The molecule has 1 heterocycles. The van der Waals surface area contributed by atoms with E-state index in [1.54, 1.807) is 0 Å². The predicted molar refractivity (Wildman–Crippen MR) is 81.7 cm³/mol. The van der Waals surface area contributed by atoms with Crippen LogP contribution in [0.4, 0.5) is 5.69 Å². The fourth-order valence-electron chi connectivity index (χ4n) is 2.16. The van der Waals surface area contributed by atoms with E-state index in [-0.39, 0.29) is 0 Å². The monoisotopic (exact) mass is 268 g/mol. The lowest BCUT2D eigenvalue weighted by Gasteiger charge is -2.09. The molecule has 94 valence electrons. The maximum atomic E-state index is 6.05. The van der Waals surface area contributed by atoms with Gasteiger partial charge in [-0.1, -0.05) is 41.9 Å². The van der Waals surface area contributed by atoms with Crippen molar-refractivity contribution in [2.24, 2.45) is 0 Å². The standard InChI is InChI=1S/C16H13ClN2/c1-18-16-10-15(11-5-3-2-4-6-11)19-14-8-7-12(17)9-13(14)16/h2-10H,1H3,(H,18,19). The van der Waals surface area contributed by atoms with Crippen LogP contribution in [0.3, 0.4) is 0 Å². The van der Waals surface area contributed by atoms with Crippen molar-refractivity contribution in [2.75, 3.05) is 12.4 Å². The molecule has 0 aliphatic carbocycles. The number of hydrogen-bond acceptors (Lipinski definition) is 2. The molecule has 3 rings (SSSR count). The Balaban J connectivity index is 2.26. The quantitative estimate of drug-likeness (QED) is 0.735. The van der Waals surface area contributed by atoms with Crippen molar-refractivity contribution in [1.29, 1.82) is 0 Å². The second-order valence-electron chi connectivity index (χ2n) is 4.33. The number of anilines is 1. The third kappa shape index (κ3) is 2.27. The highest BCUT2D eigenvalue weighted by Gasteiger charge is 2.07. The van der Waals surface area contributed by atoms with Gasteiger partial charge in [0.2, 0.25) is 0 Å². The number of rotatable bonds is 2. The minimum Gasteiger partial charge on any atom is -0.388 e. The summed E-state index contributed by atoms with van der Waals surface area (Å²) in [6.45, 7) is 0. The molecule has 0 bridgehead atoms. The zero-order valence-electron chi connectivity index (χ0n) is 10.5. The lowest BCUT2D eigenvalue weighted by atomic mass is 10.1. The average molecular weight is 269 g/mol. The molecule has 0 unspecified atom stereocenters. The lowest BCUT2D eigenvalue weighted by molar-refractivity contribution is 1.38. The first kappa shape index (κ1) is 12.0. The highest BCUT2D eigenvalue weighted by molar-refractivity contribution is 6.31. The summed E-state index contributed by atoms with van der Waals surface area (Å²) < 4.78 is 0. The molecule has 0 aliphatic heterocycles. The second-order valence-corrected chi connectivity index (χ2v) is 4.77. The van der Waals surface area contributed by atoms with Crippen molar-refractivity contribution in [3.8, 4) is 11.3 Å². The largest absolute Gasteiger partial charge is 0.388 e. The Hall–Kier alpha value is -2.06. The molecular weight excluding hydrogens is 256 g/mol. The van der Waals surface area contributed by atoms with Gasteiger partial charge in [-0.15, -0.1) is 0 Å². The Morgan fingerprint density at radius 3 is 2.53 bits per heavy atom. The molecule has 0 spiro atoms. The summed E-state index contributed by atoms with van der Waals surface area (Å²) in [5, 5.41) is 4.97. The van der Waals surface area contributed by atoms with Crippen molar-refractivity contribution in [3.63, 3.8) is 0 Å². The zero-order chi connectivity index (χ0) is 13.2. The number of aromatic nitrogens is 1. The van der Waals surface area contributed by atoms with Crippen LogP contribution >= 0.6 is 11.6 Å². The van der Waals surface area contributed by atoms with Gasteiger partial charge >= 0.3 is 0 Å². The Morgan fingerprint density at radius 2 is 1.79 bits per heavy atom. The summed E-state index contributed by atoms with van der Waals surface area (Å²) in [6.07, 6.45) is 0. The number of halogens is 1. The van der Waals surface area contributed by atoms with Crippen molar-refractivity contribution >= 4 is 28.2 Å². The first-order valence-corrected chi connectivity index (χ1v) is 6.49. The van der Waals surface area contributed by atoms with Crippen molar-refractivity contribution in [3.05, 3.63) is 59.6 Å². The van der Waals surface area contributed by atoms with Gasteiger partial charge in [0, 0.05) is 28.7 Å². The predicted octanol–water partition coefficient (Wildman–Crippen LogP) is 4.60. The highest BCUT2D eigenvalue weighted by Crippen LogP contribution is 2.29. The molecule has 0 atom stereocenters. The van der Waals surface area contributed by atoms with Gasteiger partial charge in [-0.25, -0.2) is 4.98 Å². The molecule has 0 radical (unpaired) electrons. The number of nitrogens with one attached hydrogen (secondary N) is 1. The first-order chi connectivity index (χ1) is 9.28. The van der Waals surface area contributed by atoms with E-state index in [0.29, 0.717) is 0 Å². The van der Waals surface area contributed by atoms with E-state index in [2.05, 4.69) is 17.4 Å². The minimum atomic E-state index is 0.721. The summed E-state index contributed by atoms with van der Waals surface area (Å²) in [5.74, 6) is 0. The normalized spacial score (nSPS) is 10.6. The van der Waals surface area contributed by atoms with Gasteiger partial charge < -0.3 is 5.32 Å². The van der Waals surface area contributed by atoms with Gasteiger partial charge in [0.15, 0.2) is 0 Å². The zero-order valence-corrected chi connectivity index (χ0v) is 11.3. The molecule has 2 aromatic carbocycles. The molecule has 0 saturated carbocycles. The van der Waals surface area contributed by atoms with E-state index in [1.165, 1.54) is 0 Å². The molecule has 0 aliphatic rings. The fourth-order valence-corrected chi connectivity index (χ4v) is 2.33. The van der Waals surface area contributed by atoms with Crippen LogP contribution in [0.15, 0.2) is 54.6 Å². The van der Waals surface area contributed by atoms with E-state index in [0.717, 1.165) is 32.9 Å². The Morgan fingerprint density at radius 1 is 1.00 bits per heavy atom. The van der Waals surface area contributed by atoms with Crippen LogP contribution in [0.5, 0.6) is 0 Å². The van der Waals surface area contributed by atoms with Crippen molar-refractivity contribution in [2.45, 2.75) is 0 Å². The molecule has 0 amide bonds. The highest BCUT2D eigenvalue weighted by atomic mass is 35.5. The van der Waals surface area contributed by atoms with Crippen LogP contribution in [0.1, 0.15) is 0 Å². The minimum absolute atomic E-state index is 0.721. The van der Waals surface area contributed by atoms with Crippen LogP contribution in [-0.2, 0) is 0 Å². The van der Waals surface area contributed by atoms with E-state index >= 15 is 0 Å². The molecule has 3 heteroatoms. The van der Waals surface area contributed by atoms with Gasteiger partial charge in [0.25, 0.3) is 0 Å². The smallest absolute Gasteiger partial charge is 0.0731 e. The first-order valence-electron chi connectivity index (χ1n) is 6.11. The molecule has 1 N–H and O–H groups in total. The van der Waals surface area contributed by atoms with Crippen LogP contribution in [0.2, 0.25) is 5.02 Å². The van der Waals surface area contributed by atoms with E-state index < -0.39 is 0 Å². The summed E-state index contributed by atoms with van der Waals surface area (Å²) >= 11 is 6.05. The lowest BCUT2D eigenvalue weighted by Crippen LogP contribution is -1.94. The van der Waals surface area contributed by atoms with Gasteiger partial charge in [-0.3, -0.25) is 0 Å². The molecule has 0 fully saturated rings. The van der Waals surface area contributed by atoms with Crippen LogP contribution in [0.25, 0.3) is 22.2 Å². The summed E-state index contributed by atoms with van der Waals surface area (Å²) in [4.78, 5) is 4.70. The van der Waals surface area contributed by atoms with Gasteiger partial charge in [-0.2, -0.15) is 0 Å². The number of nitrogens with zero attached hydrogens (tertiary/aromatic N) is 1. The second kappa shape index (κ2) is 4.90. The molecule has 19 heavy (non-hydrogen) atoms. The van der Waals surface area contributed by atoms with E-state index in [9.17, 15) is 0 Å². The maximum Gasteiger partial charge on any atom is 0.0731 e. The van der Waals surface area contributed by atoms with Crippen LogP contribution in [-0.4, -0.2) is 12.0 Å². The Kier molecular flexibility index (Phi) is 3.10. The topological polar surface area (TPSA) is 24.9 Å². The summed E-state index contributed by atoms with van der Waals surface area (Å²) in [6, 6.07) is 18.0. The summed E-state index contributed by atoms with van der Waals surface area (Å²) in [5.41, 5.74) is 4.04. The van der Waals surface area contributed by atoms with Gasteiger partial charge in [0.1, 0.15) is 0 Å². The average Bonchev–Trinajstić information content (AvgIpc) is 2.47. The van der Waals surface area contributed by atoms with E-state index in [4.69, 9.17) is 16.6 Å². The third-order valence-corrected chi connectivity index (χ3v) is 3.34. The number of benzene rings is 2. The van der Waals surface area contributed by atoms with Gasteiger partial charge in [0.05, 0.1) is 11.2 Å². The number of hydrogen-bond donors (Lipinski definition) is 1. The molecule has 1 aromatic heterocycles. The van der Waals surface area contributed by atoms with Crippen LogP contribution < -0.4 is 5.32 Å². The van der Waals surface area contributed by atoms with E-state index in [1.807, 2.05) is 49.5 Å². The SMILES string of the molecule is CNc1cc(-c2ccccc2)nc2ccc(Cl)cc12. The fraction of sp³-hybridized carbons (Fsp3) is 0.0625. The number of pyridine rings is 1. The molecule has 2 nitrogen and oxygen atoms in total. The molecule has 3 aromatic rings. The maximum absolute atomic E-state index is 6.05.